The van der Waals surface area contributed by atoms with Crippen LogP contribution < -0.4 is 9.47 Å². The minimum Gasteiger partial charge on any atom is -0.497 e. The molecular formula is C16H22N2O4. The summed E-state index contributed by atoms with van der Waals surface area (Å²) in [6.07, 6.45) is 1.99. The second kappa shape index (κ2) is 8.26. The number of benzene rings is 1. The lowest BCUT2D eigenvalue weighted by molar-refractivity contribution is -0.135. The molecule has 0 aromatic heterocycles. The predicted octanol–water partition coefficient (Wildman–Crippen LogP) is 1.15. The van der Waals surface area contributed by atoms with E-state index in [1.54, 1.807) is 12.0 Å². The summed E-state index contributed by atoms with van der Waals surface area (Å²) in [4.78, 5) is 26.2. The third kappa shape index (κ3) is 4.65. The molecule has 1 heterocycles. The fourth-order valence-electron chi connectivity index (χ4n) is 2.32. The summed E-state index contributed by atoms with van der Waals surface area (Å²) in [7, 11) is 1.62. The summed E-state index contributed by atoms with van der Waals surface area (Å²) in [5, 5.41) is 0. The normalized spacial score (nSPS) is 14.6. The third-order valence-corrected chi connectivity index (χ3v) is 3.68. The Kier molecular flexibility index (Phi) is 6.06. The number of ether oxygens (including phenoxy) is 2. The molecule has 120 valence electrons. The Bertz CT molecular complexity index is 481. The molecule has 1 aliphatic heterocycles. The van der Waals surface area contributed by atoms with Gasteiger partial charge < -0.3 is 19.3 Å². The number of nitrogens with zero attached hydrogens (tertiary/aromatic N) is 2. The summed E-state index contributed by atoms with van der Waals surface area (Å²) in [5.74, 6) is 1.69. The second-order valence-electron chi connectivity index (χ2n) is 5.15. The van der Waals surface area contributed by atoms with Crippen molar-refractivity contribution in [3.05, 3.63) is 24.3 Å². The fourth-order valence-corrected chi connectivity index (χ4v) is 2.32. The maximum Gasteiger partial charge on any atom is 0.222 e. The van der Waals surface area contributed by atoms with Crippen LogP contribution in [0.5, 0.6) is 11.5 Å². The van der Waals surface area contributed by atoms with Gasteiger partial charge in [-0.25, -0.2) is 0 Å². The van der Waals surface area contributed by atoms with Gasteiger partial charge in [0.25, 0.3) is 0 Å². The first-order valence-electron chi connectivity index (χ1n) is 7.47. The van der Waals surface area contributed by atoms with Gasteiger partial charge in [0, 0.05) is 32.6 Å². The lowest BCUT2D eigenvalue weighted by Crippen LogP contribution is -2.48. The molecular weight excluding hydrogens is 284 g/mol. The van der Waals surface area contributed by atoms with Gasteiger partial charge in [0.2, 0.25) is 12.3 Å². The van der Waals surface area contributed by atoms with Gasteiger partial charge in [0.1, 0.15) is 11.5 Å². The molecule has 0 N–H and O–H groups in total. The predicted molar refractivity (Wildman–Crippen MR) is 81.9 cm³/mol. The number of carbonyl (C=O) groups excluding carboxylic acids is 2. The van der Waals surface area contributed by atoms with Gasteiger partial charge in [-0.2, -0.15) is 0 Å². The Labute approximate surface area is 130 Å². The summed E-state index contributed by atoms with van der Waals surface area (Å²) in [6, 6.07) is 7.37. The van der Waals surface area contributed by atoms with Crippen molar-refractivity contribution in [2.45, 2.75) is 12.8 Å². The van der Waals surface area contributed by atoms with Crippen molar-refractivity contribution in [2.24, 2.45) is 0 Å². The molecule has 0 bridgehead atoms. The van der Waals surface area contributed by atoms with Crippen molar-refractivity contribution in [1.82, 2.24) is 9.80 Å². The molecule has 1 aromatic rings. The van der Waals surface area contributed by atoms with Gasteiger partial charge in [-0.3, -0.25) is 9.59 Å². The van der Waals surface area contributed by atoms with E-state index in [2.05, 4.69) is 0 Å². The smallest absolute Gasteiger partial charge is 0.222 e. The highest BCUT2D eigenvalue weighted by Crippen LogP contribution is 2.17. The molecule has 0 aliphatic carbocycles. The van der Waals surface area contributed by atoms with Crippen molar-refractivity contribution in [1.29, 1.82) is 0 Å². The van der Waals surface area contributed by atoms with Crippen LogP contribution >= 0.6 is 0 Å². The molecule has 1 aliphatic rings. The van der Waals surface area contributed by atoms with Gasteiger partial charge in [-0.15, -0.1) is 0 Å². The van der Waals surface area contributed by atoms with E-state index >= 15 is 0 Å². The van der Waals surface area contributed by atoms with Gasteiger partial charge in [0.05, 0.1) is 13.7 Å². The molecule has 0 unspecified atom stereocenters. The summed E-state index contributed by atoms with van der Waals surface area (Å²) < 4.78 is 10.7. The second-order valence-corrected chi connectivity index (χ2v) is 5.15. The van der Waals surface area contributed by atoms with Gasteiger partial charge in [-0.1, -0.05) is 0 Å². The quantitative estimate of drug-likeness (QED) is 0.560. The Morgan fingerprint density at radius 3 is 2.36 bits per heavy atom. The van der Waals surface area contributed by atoms with E-state index in [1.165, 1.54) is 0 Å². The lowest BCUT2D eigenvalue weighted by Gasteiger charge is -2.32. The van der Waals surface area contributed by atoms with Crippen LogP contribution in [0.1, 0.15) is 12.8 Å². The van der Waals surface area contributed by atoms with Crippen LogP contribution in [0.3, 0.4) is 0 Å². The molecule has 6 heteroatoms. The zero-order chi connectivity index (χ0) is 15.8. The topological polar surface area (TPSA) is 59.1 Å². The van der Waals surface area contributed by atoms with Crippen molar-refractivity contribution >= 4 is 12.3 Å². The molecule has 0 spiro atoms. The van der Waals surface area contributed by atoms with Crippen molar-refractivity contribution in [3.63, 3.8) is 0 Å². The standard InChI is InChI=1S/C16H22N2O4/c1-21-14-4-6-15(7-5-14)22-12-2-3-16(20)18-10-8-17(13-19)9-11-18/h4-7,13H,2-3,8-12H2,1H3. The van der Waals surface area contributed by atoms with Crippen molar-refractivity contribution in [2.75, 3.05) is 39.9 Å². The van der Waals surface area contributed by atoms with Gasteiger partial charge >= 0.3 is 0 Å². The molecule has 2 amide bonds. The highest BCUT2D eigenvalue weighted by Gasteiger charge is 2.19. The maximum atomic E-state index is 12.0. The average molecular weight is 306 g/mol. The van der Waals surface area contributed by atoms with Crippen LogP contribution in [0.25, 0.3) is 0 Å². The zero-order valence-corrected chi connectivity index (χ0v) is 12.9. The SMILES string of the molecule is COc1ccc(OCCCC(=O)N2CCN(C=O)CC2)cc1. The summed E-state index contributed by atoms with van der Waals surface area (Å²) >= 11 is 0. The molecule has 0 radical (unpaired) electrons. The Morgan fingerprint density at radius 1 is 1.14 bits per heavy atom. The molecule has 1 aromatic carbocycles. The van der Waals surface area contributed by atoms with Crippen molar-refractivity contribution in [3.8, 4) is 11.5 Å². The highest BCUT2D eigenvalue weighted by molar-refractivity contribution is 5.76. The van der Waals surface area contributed by atoms with Crippen molar-refractivity contribution < 1.29 is 19.1 Å². The fraction of sp³-hybridized carbons (Fsp3) is 0.500. The number of piperazine rings is 1. The number of hydrogen-bond donors (Lipinski definition) is 0. The largest absolute Gasteiger partial charge is 0.497 e. The van der Waals surface area contributed by atoms with E-state index in [1.807, 2.05) is 29.2 Å². The maximum absolute atomic E-state index is 12.0. The lowest BCUT2D eigenvalue weighted by atomic mass is 10.2. The van der Waals surface area contributed by atoms with Crippen LogP contribution in [0, 0.1) is 0 Å². The van der Waals surface area contributed by atoms with E-state index in [0.29, 0.717) is 45.6 Å². The zero-order valence-electron chi connectivity index (χ0n) is 12.9. The molecule has 22 heavy (non-hydrogen) atoms. The number of hydrogen-bond acceptors (Lipinski definition) is 4. The van der Waals surface area contributed by atoms with Gasteiger partial charge in [-0.05, 0) is 30.7 Å². The van der Waals surface area contributed by atoms with E-state index in [0.717, 1.165) is 17.9 Å². The van der Waals surface area contributed by atoms with Crippen LogP contribution in [-0.2, 0) is 9.59 Å². The average Bonchev–Trinajstić information content (AvgIpc) is 2.59. The Balaban J connectivity index is 1.63. The van der Waals surface area contributed by atoms with E-state index in [-0.39, 0.29) is 5.91 Å². The summed E-state index contributed by atoms with van der Waals surface area (Å²) in [5.41, 5.74) is 0. The first-order chi connectivity index (χ1) is 10.7. The molecule has 6 nitrogen and oxygen atoms in total. The minimum absolute atomic E-state index is 0.129. The monoisotopic (exact) mass is 306 g/mol. The Hall–Kier alpha value is -2.24. The number of methoxy groups -OCH3 is 1. The van der Waals surface area contributed by atoms with Crippen LogP contribution in [-0.4, -0.2) is 62.0 Å². The molecule has 2 rings (SSSR count). The molecule has 0 atom stereocenters. The number of amides is 2. The summed E-state index contributed by atoms with van der Waals surface area (Å²) in [6.45, 7) is 3.00. The third-order valence-electron chi connectivity index (χ3n) is 3.68. The Morgan fingerprint density at radius 2 is 1.77 bits per heavy atom. The van der Waals surface area contributed by atoms with Crippen LogP contribution in [0.2, 0.25) is 0 Å². The first kappa shape index (κ1) is 16.1. The number of rotatable bonds is 7. The van der Waals surface area contributed by atoms with Crippen LogP contribution in [0.15, 0.2) is 24.3 Å². The molecule has 1 fully saturated rings. The van der Waals surface area contributed by atoms with Crippen LogP contribution in [0.4, 0.5) is 0 Å². The highest BCUT2D eigenvalue weighted by atomic mass is 16.5. The van der Waals surface area contributed by atoms with E-state index in [4.69, 9.17) is 9.47 Å². The number of carbonyl (C=O) groups is 2. The minimum atomic E-state index is 0.129. The van der Waals surface area contributed by atoms with E-state index in [9.17, 15) is 9.59 Å². The van der Waals surface area contributed by atoms with Gasteiger partial charge in [0.15, 0.2) is 0 Å². The molecule has 0 saturated carbocycles. The molecule has 1 saturated heterocycles. The first-order valence-corrected chi connectivity index (χ1v) is 7.47. The van der Waals surface area contributed by atoms with E-state index < -0.39 is 0 Å².